The fraction of sp³-hybridized carbons (Fsp3) is 0.632. The summed E-state index contributed by atoms with van der Waals surface area (Å²) < 4.78 is 6.03. The van der Waals surface area contributed by atoms with Crippen LogP contribution in [0.1, 0.15) is 32.3 Å². The smallest absolute Gasteiger partial charge is 0.193 e. The van der Waals surface area contributed by atoms with Crippen molar-refractivity contribution >= 4 is 17.7 Å². The van der Waals surface area contributed by atoms with Crippen LogP contribution in [0.5, 0.6) is 0 Å². The van der Waals surface area contributed by atoms with Gasteiger partial charge in [-0.1, -0.05) is 30.3 Å². The molecule has 0 unspecified atom stereocenters. The third kappa shape index (κ3) is 6.73. The zero-order valence-corrected chi connectivity index (χ0v) is 16.1. The van der Waals surface area contributed by atoms with Crippen LogP contribution in [0.4, 0.5) is 0 Å². The van der Waals surface area contributed by atoms with E-state index in [0.29, 0.717) is 11.4 Å². The highest BCUT2D eigenvalue weighted by molar-refractivity contribution is 8.00. The summed E-state index contributed by atoms with van der Waals surface area (Å²) in [6.07, 6.45) is 2.16. The standard InChI is InChI=1S/C19H31N3OS/c1-19(2)16-22(12-14-24-19)18(20-3)21-11-7-8-13-23-15-17-9-5-4-6-10-17/h4-6,9-10H,7-8,11-16H2,1-3H3,(H,20,21). The van der Waals surface area contributed by atoms with Crippen molar-refractivity contribution in [1.29, 1.82) is 0 Å². The van der Waals surface area contributed by atoms with E-state index in [1.54, 1.807) is 0 Å². The topological polar surface area (TPSA) is 36.9 Å². The van der Waals surface area contributed by atoms with Crippen LogP contribution in [-0.2, 0) is 11.3 Å². The quantitative estimate of drug-likeness (QED) is 0.465. The highest BCUT2D eigenvalue weighted by atomic mass is 32.2. The van der Waals surface area contributed by atoms with Crippen molar-refractivity contribution in [2.75, 3.05) is 39.0 Å². The van der Waals surface area contributed by atoms with Gasteiger partial charge >= 0.3 is 0 Å². The van der Waals surface area contributed by atoms with Crippen molar-refractivity contribution in [3.8, 4) is 0 Å². The van der Waals surface area contributed by atoms with Gasteiger partial charge in [0.25, 0.3) is 0 Å². The molecular formula is C19H31N3OS. The average Bonchev–Trinajstić information content (AvgIpc) is 2.57. The first-order valence-electron chi connectivity index (χ1n) is 8.82. The van der Waals surface area contributed by atoms with Crippen LogP contribution in [0.15, 0.2) is 35.3 Å². The number of nitrogens with one attached hydrogen (secondary N) is 1. The molecule has 1 N–H and O–H groups in total. The van der Waals surface area contributed by atoms with Gasteiger partial charge in [-0.2, -0.15) is 11.8 Å². The lowest BCUT2D eigenvalue weighted by Gasteiger charge is -2.39. The SMILES string of the molecule is CN=C(NCCCCOCc1ccccc1)N1CCSC(C)(C)C1. The zero-order chi connectivity index (χ0) is 17.3. The molecule has 2 rings (SSSR count). The van der Waals surface area contributed by atoms with Gasteiger partial charge in [-0.25, -0.2) is 0 Å². The van der Waals surface area contributed by atoms with Gasteiger partial charge in [0, 0.05) is 43.8 Å². The lowest BCUT2D eigenvalue weighted by atomic mass is 10.2. The van der Waals surface area contributed by atoms with E-state index in [2.05, 4.69) is 53.3 Å². The van der Waals surface area contributed by atoms with E-state index < -0.39 is 0 Å². The average molecular weight is 350 g/mol. The Bertz CT molecular complexity index is 505. The molecular weight excluding hydrogens is 318 g/mol. The summed E-state index contributed by atoms with van der Waals surface area (Å²) in [5.41, 5.74) is 1.24. The Morgan fingerprint density at radius 1 is 1.29 bits per heavy atom. The van der Waals surface area contributed by atoms with E-state index in [1.807, 2.05) is 24.9 Å². The van der Waals surface area contributed by atoms with Crippen molar-refractivity contribution in [2.24, 2.45) is 4.99 Å². The van der Waals surface area contributed by atoms with E-state index in [4.69, 9.17) is 4.74 Å². The molecule has 5 heteroatoms. The Morgan fingerprint density at radius 2 is 2.08 bits per heavy atom. The van der Waals surface area contributed by atoms with E-state index in [0.717, 1.165) is 45.0 Å². The monoisotopic (exact) mass is 349 g/mol. The predicted octanol–water partition coefficient (Wildman–Crippen LogP) is 3.39. The first-order valence-corrected chi connectivity index (χ1v) is 9.80. The van der Waals surface area contributed by atoms with E-state index in [-0.39, 0.29) is 0 Å². The number of rotatable bonds is 7. The molecule has 1 saturated heterocycles. The van der Waals surface area contributed by atoms with Gasteiger partial charge in [-0.3, -0.25) is 4.99 Å². The highest BCUT2D eigenvalue weighted by Gasteiger charge is 2.28. The predicted molar refractivity (Wildman–Crippen MR) is 105 cm³/mol. The first kappa shape index (κ1) is 19.1. The molecule has 24 heavy (non-hydrogen) atoms. The molecule has 0 aliphatic carbocycles. The number of hydrogen-bond donors (Lipinski definition) is 1. The molecule has 134 valence electrons. The normalized spacial score (nSPS) is 17.8. The number of aliphatic imine (C=N–C) groups is 1. The molecule has 1 fully saturated rings. The summed E-state index contributed by atoms with van der Waals surface area (Å²) in [4.78, 5) is 6.82. The molecule has 1 aliphatic heterocycles. The van der Waals surface area contributed by atoms with Gasteiger partial charge in [0.05, 0.1) is 6.61 Å². The lowest BCUT2D eigenvalue weighted by molar-refractivity contribution is 0.117. The molecule has 1 heterocycles. The Balaban J connectivity index is 1.57. The molecule has 0 atom stereocenters. The molecule has 1 aromatic rings. The van der Waals surface area contributed by atoms with Crippen molar-refractivity contribution in [3.05, 3.63) is 35.9 Å². The Kier molecular flexibility index (Phi) is 7.92. The van der Waals surface area contributed by atoms with Crippen molar-refractivity contribution in [2.45, 2.75) is 38.0 Å². The third-order valence-electron chi connectivity index (χ3n) is 4.05. The number of guanidine groups is 1. The fourth-order valence-corrected chi connectivity index (χ4v) is 3.93. The maximum absolute atomic E-state index is 5.73. The molecule has 1 aromatic carbocycles. The second-order valence-corrected chi connectivity index (χ2v) is 8.55. The van der Waals surface area contributed by atoms with Gasteiger partial charge in [-0.05, 0) is 32.3 Å². The zero-order valence-electron chi connectivity index (χ0n) is 15.3. The van der Waals surface area contributed by atoms with Crippen molar-refractivity contribution in [3.63, 3.8) is 0 Å². The molecule has 1 aliphatic rings. The molecule has 0 amide bonds. The van der Waals surface area contributed by atoms with Crippen LogP contribution in [-0.4, -0.2) is 54.6 Å². The molecule has 0 spiro atoms. The van der Waals surface area contributed by atoms with Crippen molar-refractivity contribution in [1.82, 2.24) is 10.2 Å². The van der Waals surface area contributed by atoms with Crippen LogP contribution >= 0.6 is 11.8 Å². The number of ether oxygens (including phenoxy) is 1. The minimum Gasteiger partial charge on any atom is -0.377 e. The molecule has 0 radical (unpaired) electrons. The van der Waals surface area contributed by atoms with E-state index in [9.17, 15) is 0 Å². The van der Waals surface area contributed by atoms with Gasteiger partial charge in [0.15, 0.2) is 5.96 Å². The maximum atomic E-state index is 5.73. The minimum absolute atomic E-state index is 0.307. The summed E-state index contributed by atoms with van der Waals surface area (Å²) in [7, 11) is 1.88. The second-order valence-electron chi connectivity index (χ2n) is 6.75. The summed E-state index contributed by atoms with van der Waals surface area (Å²) in [5, 5.41) is 3.50. The fourth-order valence-electron chi connectivity index (χ4n) is 2.82. The van der Waals surface area contributed by atoms with Gasteiger partial charge < -0.3 is 15.0 Å². The summed E-state index contributed by atoms with van der Waals surface area (Å²) >= 11 is 2.05. The van der Waals surface area contributed by atoms with Crippen molar-refractivity contribution < 1.29 is 4.74 Å². The molecule has 0 aromatic heterocycles. The van der Waals surface area contributed by atoms with Gasteiger partial charge in [-0.15, -0.1) is 0 Å². The molecule has 0 bridgehead atoms. The molecule has 4 nitrogen and oxygen atoms in total. The van der Waals surface area contributed by atoms with Gasteiger partial charge in [0.1, 0.15) is 0 Å². The van der Waals surface area contributed by atoms with E-state index >= 15 is 0 Å². The van der Waals surface area contributed by atoms with Crippen LogP contribution in [0.3, 0.4) is 0 Å². The number of hydrogen-bond acceptors (Lipinski definition) is 3. The largest absolute Gasteiger partial charge is 0.377 e. The Morgan fingerprint density at radius 3 is 2.79 bits per heavy atom. The second kappa shape index (κ2) is 9.94. The maximum Gasteiger partial charge on any atom is 0.193 e. The summed E-state index contributed by atoms with van der Waals surface area (Å²) in [6.45, 7) is 9.21. The van der Waals surface area contributed by atoms with Crippen LogP contribution in [0.25, 0.3) is 0 Å². The number of nitrogens with zero attached hydrogens (tertiary/aromatic N) is 2. The summed E-state index contributed by atoms with van der Waals surface area (Å²) in [6, 6.07) is 10.3. The highest BCUT2D eigenvalue weighted by Crippen LogP contribution is 2.29. The minimum atomic E-state index is 0.307. The van der Waals surface area contributed by atoms with Crippen LogP contribution < -0.4 is 5.32 Å². The summed E-state index contributed by atoms with van der Waals surface area (Å²) in [5.74, 6) is 2.20. The third-order valence-corrected chi connectivity index (χ3v) is 5.34. The lowest BCUT2D eigenvalue weighted by Crippen LogP contribution is -2.51. The van der Waals surface area contributed by atoms with E-state index in [1.165, 1.54) is 11.3 Å². The molecule has 0 saturated carbocycles. The Labute approximate surface area is 151 Å². The Hall–Kier alpha value is -1.20. The van der Waals surface area contributed by atoms with Crippen LogP contribution in [0.2, 0.25) is 0 Å². The number of thioether (sulfide) groups is 1. The number of unbranched alkanes of at least 4 members (excludes halogenated alkanes) is 1. The van der Waals surface area contributed by atoms with Gasteiger partial charge in [0.2, 0.25) is 0 Å². The number of benzene rings is 1. The first-order chi connectivity index (χ1) is 11.6. The van der Waals surface area contributed by atoms with Crippen LogP contribution in [0, 0.1) is 0 Å².